The van der Waals surface area contributed by atoms with Gasteiger partial charge in [0.15, 0.2) is 11.5 Å². The Morgan fingerprint density at radius 2 is 1.61 bits per heavy atom. The van der Waals surface area contributed by atoms with Crippen molar-refractivity contribution in [1.82, 2.24) is 10.2 Å². The second kappa shape index (κ2) is 6.74. The van der Waals surface area contributed by atoms with E-state index in [0.29, 0.717) is 47.9 Å². The molecular formula is C15H19N3O5. The molecule has 8 heteroatoms. The van der Waals surface area contributed by atoms with E-state index in [1.807, 2.05) is 4.90 Å². The predicted octanol–water partition coefficient (Wildman–Crippen LogP) is 1.60. The number of rotatable bonds is 5. The topological polar surface area (TPSA) is 79.1 Å². The lowest BCUT2D eigenvalue weighted by Crippen LogP contribution is -2.36. The van der Waals surface area contributed by atoms with Gasteiger partial charge in [-0.3, -0.25) is 0 Å². The van der Waals surface area contributed by atoms with Crippen molar-refractivity contribution in [3.05, 3.63) is 12.1 Å². The van der Waals surface area contributed by atoms with E-state index in [1.165, 1.54) is 0 Å². The molecule has 0 aliphatic carbocycles. The Labute approximate surface area is 133 Å². The van der Waals surface area contributed by atoms with Crippen LogP contribution in [0, 0.1) is 0 Å². The molecule has 0 saturated carbocycles. The van der Waals surface area contributed by atoms with E-state index in [4.69, 9.17) is 23.4 Å². The summed E-state index contributed by atoms with van der Waals surface area (Å²) in [7, 11) is 4.69. The third kappa shape index (κ3) is 3.02. The van der Waals surface area contributed by atoms with Crippen LogP contribution in [0.2, 0.25) is 0 Å². The van der Waals surface area contributed by atoms with Gasteiger partial charge in [-0.2, -0.15) is 0 Å². The first kappa shape index (κ1) is 15.4. The van der Waals surface area contributed by atoms with Crippen molar-refractivity contribution in [2.75, 3.05) is 52.5 Å². The van der Waals surface area contributed by atoms with Crippen molar-refractivity contribution >= 4 is 6.01 Å². The quantitative estimate of drug-likeness (QED) is 0.821. The summed E-state index contributed by atoms with van der Waals surface area (Å²) in [6, 6.07) is 4.03. The first-order valence-corrected chi connectivity index (χ1v) is 7.23. The second-order valence-electron chi connectivity index (χ2n) is 4.90. The SMILES string of the molecule is COc1cc(-c2nnc(N3CCOCC3)o2)cc(OC)c1OC. The number of aromatic nitrogens is 2. The van der Waals surface area contributed by atoms with E-state index in [-0.39, 0.29) is 0 Å². The maximum Gasteiger partial charge on any atom is 0.318 e. The fourth-order valence-corrected chi connectivity index (χ4v) is 2.42. The lowest BCUT2D eigenvalue weighted by molar-refractivity contribution is 0.120. The van der Waals surface area contributed by atoms with Crippen molar-refractivity contribution in [2.45, 2.75) is 0 Å². The summed E-state index contributed by atoms with van der Waals surface area (Å²) >= 11 is 0. The van der Waals surface area contributed by atoms with Gasteiger partial charge >= 0.3 is 6.01 Å². The van der Waals surface area contributed by atoms with Crippen LogP contribution in [0.25, 0.3) is 11.5 Å². The van der Waals surface area contributed by atoms with Gasteiger partial charge in [0.2, 0.25) is 11.6 Å². The number of hydrogen-bond donors (Lipinski definition) is 0. The van der Waals surface area contributed by atoms with E-state index in [0.717, 1.165) is 13.1 Å². The molecule has 0 atom stereocenters. The van der Waals surface area contributed by atoms with Gasteiger partial charge in [0.25, 0.3) is 0 Å². The summed E-state index contributed by atoms with van der Waals surface area (Å²) < 4.78 is 27.1. The highest BCUT2D eigenvalue weighted by Crippen LogP contribution is 2.41. The van der Waals surface area contributed by atoms with Crippen LogP contribution in [0.1, 0.15) is 0 Å². The molecule has 1 aromatic heterocycles. The van der Waals surface area contributed by atoms with Crippen molar-refractivity contribution < 1.29 is 23.4 Å². The monoisotopic (exact) mass is 321 g/mol. The molecular weight excluding hydrogens is 302 g/mol. The summed E-state index contributed by atoms with van der Waals surface area (Å²) in [5, 5.41) is 8.23. The number of morpholine rings is 1. The van der Waals surface area contributed by atoms with Crippen LogP contribution in [-0.2, 0) is 4.74 Å². The van der Waals surface area contributed by atoms with E-state index < -0.39 is 0 Å². The highest BCUT2D eigenvalue weighted by Gasteiger charge is 2.20. The third-order valence-corrected chi connectivity index (χ3v) is 3.61. The second-order valence-corrected chi connectivity index (χ2v) is 4.90. The van der Waals surface area contributed by atoms with Gasteiger partial charge in [-0.15, -0.1) is 5.10 Å². The Morgan fingerprint density at radius 3 is 2.17 bits per heavy atom. The fourth-order valence-electron chi connectivity index (χ4n) is 2.42. The van der Waals surface area contributed by atoms with Crippen LogP contribution in [0.15, 0.2) is 16.5 Å². The van der Waals surface area contributed by atoms with Gasteiger partial charge in [0.05, 0.1) is 34.5 Å². The largest absolute Gasteiger partial charge is 0.493 e. The molecule has 2 aromatic rings. The Morgan fingerprint density at radius 1 is 0.957 bits per heavy atom. The lowest BCUT2D eigenvalue weighted by Gasteiger charge is -2.24. The van der Waals surface area contributed by atoms with Crippen LogP contribution >= 0.6 is 0 Å². The lowest BCUT2D eigenvalue weighted by atomic mass is 10.2. The van der Waals surface area contributed by atoms with Crippen molar-refractivity contribution in [3.8, 4) is 28.7 Å². The van der Waals surface area contributed by atoms with Gasteiger partial charge in [-0.25, -0.2) is 0 Å². The maximum atomic E-state index is 5.78. The number of nitrogens with zero attached hydrogens (tertiary/aromatic N) is 3. The summed E-state index contributed by atoms with van der Waals surface area (Å²) in [5.41, 5.74) is 0.700. The van der Waals surface area contributed by atoms with Gasteiger partial charge in [-0.1, -0.05) is 5.10 Å². The summed E-state index contributed by atoms with van der Waals surface area (Å²) in [6.45, 7) is 2.78. The average molecular weight is 321 g/mol. The predicted molar refractivity (Wildman–Crippen MR) is 82.4 cm³/mol. The highest BCUT2D eigenvalue weighted by molar-refractivity contribution is 5.66. The molecule has 0 amide bonds. The number of hydrogen-bond acceptors (Lipinski definition) is 8. The molecule has 1 aliphatic rings. The molecule has 124 valence electrons. The average Bonchev–Trinajstić information content (AvgIpc) is 3.11. The molecule has 0 unspecified atom stereocenters. The molecule has 0 N–H and O–H groups in total. The molecule has 1 aromatic carbocycles. The minimum absolute atomic E-state index is 0.394. The summed E-state index contributed by atoms with van der Waals surface area (Å²) in [6.07, 6.45) is 0. The molecule has 23 heavy (non-hydrogen) atoms. The molecule has 1 saturated heterocycles. The zero-order chi connectivity index (χ0) is 16.2. The minimum Gasteiger partial charge on any atom is -0.493 e. The van der Waals surface area contributed by atoms with Crippen LogP contribution in [0.5, 0.6) is 17.2 Å². The minimum atomic E-state index is 0.394. The van der Waals surface area contributed by atoms with Crippen molar-refractivity contribution in [2.24, 2.45) is 0 Å². The molecule has 1 fully saturated rings. The van der Waals surface area contributed by atoms with Crippen LogP contribution < -0.4 is 19.1 Å². The highest BCUT2D eigenvalue weighted by atomic mass is 16.5. The number of methoxy groups -OCH3 is 3. The first-order chi connectivity index (χ1) is 11.3. The number of benzene rings is 1. The molecule has 1 aliphatic heterocycles. The Balaban J connectivity index is 1.93. The van der Waals surface area contributed by atoms with E-state index in [1.54, 1.807) is 33.5 Å². The number of ether oxygens (including phenoxy) is 4. The molecule has 0 radical (unpaired) electrons. The van der Waals surface area contributed by atoms with Crippen LogP contribution in [0.3, 0.4) is 0 Å². The van der Waals surface area contributed by atoms with Gasteiger partial charge in [-0.05, 0) is 12.1 Å². The van der Waals surface area contributed by atoms with Crippen LogP contribution in [0.4, 0.5) is 6.01 Å². The summed E-state index contributed by atoms with van der Waals surface area (Å²) in [4.78, 5) is 2.00. The molecule has 0 bridgehead atoms. The van der Waals surface area contributed by atoms with E-state index >= 15 is 0 Å². The normalized spacial score (nSPS) is 14.7. The third-order valence-electron chi connectivity index (χ3n) is 3.61. The number of anilines is 1. The van der Waals surface area contributed by atoms with E-state index in [2.05, 4.69) is 10.2 Å². The van der Waals surface area contributed by atoms with Crippen molar-refractivity contribution in [1.29, 1.82) is 0 Å². The molecule has 0 spiro atoms. The van der Waals surface area contributed by atoms with Gasteiger partial charge in [0.1, 0.15) is 0 Å². The molecule has 3 rings (SSSR count). The zero-order valence-corrected chi connectivity index (χ0v) is 13.4. The standard InChI is InChI=1S/C15H19N3O5/c1-19-11-8-10(9-12(20-2)13(11)21-3)14-16-17-15(23-14)18-4-6-22-7-5-18/h8-9H,4-7H2,1-3H3. The van der Waals surface area contributed by atoms with Gasteiger partial charge in [0, 0.05) is 18.7 Å². The first-order valence-electron chi connectivity index (χ1n) is 7.23. The Kier molecular flexibility index (Phi) is 4.52. The van der Waals surface area contributed by atoms with Crippen LogP contribution in [-0.4, -0.2) is 57.8 Å². The fraction of sp³-hybridized carbons (Fsp3) is 0.467. The maximum absolute atomic E-state index is 5.78. The smallest absolute Gasteiger partial charge is 0.318 e. The Hall–Kier alpha value is -2.48. The Bertz CT molecular complexity index is 642. The molecule has 2 heterocycles. The van der Waals surface area contributed by atoms with Crippen molar-refractivity contribution in [3.63, 3.8) is 0 Å². The van der Waals surface area contributed by atoms with E-state index in [9.17, 15) is 0 Å². The zero-order valence-electron chi connectivity index (χ0n) is 13.4. The molecule has 8 nitrogen and oxygen atoms in total. The summed E-state index contributed by atoms with van der Waals surface area (Å²) in [5.74, 6) is 1.98. The van der Waals surface area contributed by atoms with Gasteiger partial charge < -0.3 is 28.3 Å².